The van der Waals surface area contributed by atoms with Crippen molar-refractivity contribution >= 4 is 28.2 Å². The highest BCUT2D eigenvalue weighted by molar-refractivity contribution is 7.15. The fourth-order valence-electron chi connectivity index (χ4n) is 3.52. The van der Waals surface area contributed by atoms with E-state index >= 15 is 0 Å². The Morgan fingerprint density at radius 1 is 1.07 bits per heavy atom. The van der Waals surface area contributed by atoms with E-state index in [0.717, 1.165) is 28.7 Å². The van der Waals surface area contributed by atoms with Gasteiger partial charge in [-0.1, -0.05) is 54.6 Å². The molecule has 2 heterocycles. The number of rotatable bonds is 6. The van der Waals surface area contributed by atoms with Crippen LogP contribution in [0.1, 0.15) is 30.1 Å². The smallest absolute Gasteiger partial charge is 0.341 e. The normalized spacial score (nSPS) is 15.7. The Morgan fingerprint density at radius 3 is 2.43 bits per heavy atom. The van der Waals surface area contributed by atoms with Crippen molar-refractivity contribution in [2.75, 3.05) is 18.5 Å². The lowest BCUT2D eigenvalue weighted by molar-refractivity contribution is -0.124. The van der Waals surface area contributed by atoms with E-state index in [2.05, 4.69) is 17.4 Å². The zero-order chi connectivity index (χ0) is 20.9. The lowest BCUT2D eigenvalue weighted by Crippen LogP contribution is -2.27. The minimum atomic E-state index is -0.462. The Balaban J connectivity index is 1.64. The SMILES string of the molecule is CCOC(=O)c1c(-c2ccc(-c3ccccc3)cc2)csc1NC(=O)[C@@H]1CCCO1. The van der Waals surface area contributed by atoms with Gasteiger partial charge in [-0.15, -0.1) is 11.3 Å². The molecule has 1 N–H and O–H groups in total. The minimum absolute atomic E-state index is 0.217. The number of carbonyl (C=O) groups is 2. The van der Waals surface area contributed by atoms with E-state index in [1.165, 1.54) is 11.3 Å². The van der Waals surface area contributed by atoms with Gasteiger partial charge >= 0.3 is 5.97 Å². The summed E-state index contributed by atoms with van der Waals surface area (Å²) in [6.07, 6.45) is 1.10. The molecule has 0 aliphatic carbocycles. The molecule has 1 aliphatic rings. The highest BCUT2D eigenvalue weighted by atomic mass is 32.1. The predicted octanol–water partition coefficient (Wildman–Crippen LogP) is 5.38. The zero-order valence-corrected chi connectivity index (χ0v) is 17.5. The summed E-state index contributed by atoms with van der Waals surface area (Å²) in [5, 5.41) is 5.25. The second-order valence-electron chi connectivity index (χ2n) is 7.01. The number of hydrogen-bond donors (Lipinski definition) is 1. The highest BCUT2D eigenvalue weighted by Gasteiger charge is 2.27. The van der Waals surface area contributed by atoms with E-state index in [4.69, 9.17) is 9.47 Å². The lowest BCUT2D eigenvalue weighted by atomic mass is 9.99. The first-order valence-electron chi connectivity index (χ1n) is 10.0. The third-order valence-corrected chi connectivity index (χ3v) is 5.93. The summed E-state index contributed by atoms with van der Waals surface area (Å²) in [4.78, 5) is 25.2. The second-order valence-corrected chi connectivity index (χ2v) is 7.89. The van der Waals surface area contributed by atoms with Crippen molar-refractivity contribution in [1.29, 1.82) is 0 Å². The molecular formula is C24H23NO4S. The van der Waals surface area contributed by atoms with Gasteiger partial charge < -0.3 is 14.8 Å². The molecule has 30 heavy (non-hydrogen) atoms. The predicted molar refractivity (Wildman–Crippen MR) is 119 cm³/mol. The number of amides is 1. The maximum absolute atomic E-state index is 12.7. The van der Waals surface area contributed by atoms with Gasteiger partial charge in [0.2, 0.25) is 0 Å². The van der Waals surface area contributed by atoms with Crippen molar-refractivity contribution in [1.82, 2.24) is 0 Å². The fourth-order valence-corrected chi connectivity index (χ4v) is 4.48. The number of esters is 1. The molecule has 0 unspecified atom stereocenters. The zero-order valence-electron chi connectivity index (χ0n) is 16.7. The van der Waals surface area contributed by atoms with Crippen molar-refractivity contribution in [3.05, 3.63) is 65.5 Å². The summed E-state index contributed by atoms with van der Waals surface area (Å²) >= 11 is 1.32. The molecule has 0 bridgehead atoms. The van der Waals surface area contributed by atoms with Crippen LogP contribution >= 0.6 is 11.3 Å². The summed E-state index contributed by atoms with van der Waals surface area (Å²) in [5.41, 5.74) is 4.26. The molecular weight excluding hydrogens is 398 g/mol. The quantitative estimate of drug-likeness (QED) is 0.543. The fraction of sp³-hybridized carbons (Fsp3) is 0.250. The van der Waals surface area contributed by atoms with Gasteiger partial charge in [0.1, 0.15) is 16.7 Å². The Kier molecular flexibility index (Phi) is 6.26. The average Bonchev–Trinajstić information content (AvgIpc) is 3.45. The van der Waals surface area contributed by atoms with Crippen LogP contribution in [0.15, 0.2) is 60.0 Å². The van der Waals surface area contributed by atoms with Gasteiger partial charge in [0, 0.05) is 17.6 Å². The maximum atomic E-state index is 12.7. The van der Waals surface area contributed by atoms with Crippen LogP contribution in [0.3, 0.4) is 0 Å². The molecule has 5 nitrogen and oxygen atoms in total. The number of nitrogens with one attached hydrogen (secondary N) is 1. The summed E-state index contributed by atoms with van der Waals surface area (Å²) in [7, 11) is 0. The van der Waals surface area contributed by atoms with Crippen LogP contribution in [0.4, 0.5) is 5.00 Å². The van der Waals surface area contributed by atoms with Crippen molar-refractivity contribution in [2.45, 2.75) is 25.9 Å². The molecule has 1 amide bonds. The molecule has 1 aliphatic heterocycles. The molecule has 1 aromatic heterocycles. The molecule has 0 radical (unpaired) electrons. The molecule has 4 rings (SSSR count). The molecule has 2 aromatic carbocycles. The van der Waals surface area contributed by atoms with E-state index in [-0.39, 0.29) is 12.5 Å². The molecule has 1 saturated heterocycles. The first kappa shape index (κ1) is 20.3. The Hall–Kier alpha value is -2.96. The number of ether oxygens (including phenoxy) is 2. The minimum Gasteiger partial charge on any atom is -0.462 e. The van der Waals surface area contributed by atoms with Crippen LogP contribution in [0.25, 0.3) is 22.3 Å². The van der Waals surface area contributed by atoms with E-state index in [0.29, 0.717) is 23.6 Å². The number of benzene rings is 2. The third kappa shape index (κ3) is 4.30. The Labute approximate surface area is 179 Å². The second kappa shape index (κ2) is 9.24. The number of thiophene rings is 1. The monoisotopic (exact) mass is 421 g/mol. The summed E-state index contributed by atoms with van der Waals surface area (Å²) in [6.45, 7) is 2.62. The van der Waals surface area contributed by atoms with Crippen LogP contribution in [-0.2, 0) is 14.3 Å². The van der Waals surface area contributed by atoms with Gasteiger partial charge in [0.15, 0.2) is 0 Å². The number of carbonyl (C=O) groups excluding carboxylic acids is 2. The molecule has 6 heteroatoms. The standard InChI is InChI=1S/C24H23NO4S/c1-2-28-24(27)21-19(15-30-23(21)25-22(26)20-9-6-14-29-20)18-12-10-17(11-13-18)16-7-4-3-5-8-16/h3-5,7-8,10-13,15,20H,2,6,9,14H2,1H3,(H,25,26)/t20-/m0/s1. The molecule has 154 valence electrons. The third-order valence-electron chi connectivity index (χ3n) is 5.03. The van der Waals surface area contributed by atoms with Crippen LogP contribution in [0, 0.1) is 0 Å². The van der Waals surface area contributed by atoms with Gasteiger partial charge in [0.05, 0.1) is 6.61 Å². The van der Waals surface area contributed by atoms with Gasteiger partial charge in [-0.3, -0.25) is 4.79 Å². The largest absolute Gasteiger partial charge is 0.462 e. The Morgan fingerprint density at radius 2 is 1.77 bits per heavy atom. The lowest BCUT2D eigenvalue weighted by Gasteiger charge is -2.12. The first-order valence-corrected chi connectivity index (χ1v) is 10.9. The summed E-state index contributed by atoms with van der Waals surface area (Å²) in [5.74, 6) is -0.658. The van der Waals surface area contributed by atoms with Gasteiger partial charge in [0.25, 0.3) is 5.91 Å². The van der Waals surface area contributed by atoms with Gasteiger partial charge in [-0.25, -0.2) is 4.79 Å². The number of anilines is 1. The van der Waals surface area contributed by atoms with Crippen LogP contribution in [-0.4, -0.2) is 31.2 Å². The van der Waals surface area contributed by atoms with E-state index in [1.54, 1.807) is 6.92 Å². The summed E-state index contributed by atoms with van der Waals surface area (Å²) < 4.78 is 10.7. The summed E-state index contributed by atoms with van der Waals surface area (Å²) in [6, 6.07) is 18.1. The molecule has 0 saturated carbocycles. The van der Waals surface area contributed by atoms with Gasteiger partial charge in [-0.05, 0) is 36.5 Å². The highest BCUT2D eigenvalue weighted by Crippen LogP contribution is 2.37. The average molecular weight is 422 g/mol. The van der Waals surface area contributed by atoms with Crippen molar-refractivity contribution in [3.8, 4) is 22.3 Å². The molecule has 1 atom stereocenters. The van der Waals surface area contributed by atoms with Crippen molar-refractivity contribution in [2.24, 2.45) is 0 Å². The maximum Gasteiger partial charge on any atom is 0.341 e. The van der Waals surface area contributed by atoms with E-state index in [1.807, 2.05) is 47.8 Å². The topological polar surface area (TPSA) is 64.6 Å². The molecule has 0 spiro atoms. The van der Waals surface area contributed by atoms with Crippen molar-refractivity contribution < 1.29 is 19.1 Å². The Bertz CT molecular complexity index is 1020. The molecule has 3 aromatic rings. The first-order chi connectivity index (χ1) is 14.7. The van der Waals surface area contributed by atoms with Crippen molar-refractivity contribution in [3.63, 3.8) is 0 Å². The van der Waals surface area contributed by atoms with Crippen LogP contribution in [0.2, 0.25) is 0 Å². The number of hydrogen-bond acceptors (Lipinski definition) is 5. The molecule has 1 fully saturated rings. The van der Waals surface area contributed by atoms with Crippen LogP contribution in [0.5, 0.6) is 0 Å². The van der Waals surface area contributed by atoms with Crippen LogP contribution < -0.4 is 5.32 Å². The van der Waals surface area contributed by atoms with E-state index in [9.17, 15) is 9.59 Å². The van der Waals surface area contributed by atoms with E-state index < -0.39 is 12.1 Å². The van der Waals surface area contributed by atoms with Gasteiger partial charge in [-0.2, -0.15) is 0 Å².